The maximum atomic E-state index is 5.60. The Morgan fingerprint density at radius 1 is 1.28 bits per heavy atom. The van der Waals surface area contributed by atoms with Crippen LogP contribution in [0.4, 0.5) is 0 Å². The van der Waals surface area contributed by atoms with Gasteiger partial charge in [-0.15, -0.1) is 0 Å². The standard InChI is InChI=1S/C15H30N2O/c1-12(2)18-9-5-4-8-17-11-15(14-6-7-14)16-10-13(17)3/h12-16H,4-11H2,1-3H3. The van der Waals surface area contributed by atoms with Gasteiger partial charge in [0, 0.05) is 31.8 Å². The Hall–Kier alpha value is -0.120. The monoisotopic (exact) mass is 254 g/mol. The van der Waals surface area contributed by atoms with Crippen LogP contribution in [0, 0.1) is 5.92 Å². The molecule has 0 aromatic carbocycles. The second-order valence-corrected chi connectivity index (χ2v) is 6.32. The Labute approximate surface area is 112 Å². The largest absolute Gasteiger partial charge is 0.379 e. The van der Waals surface area contributed by atoms with Crippen molar-refractivity contribution in [2.45, 2.75) is 64.6 Å². The zero-order valence-corrected chi connectivity index (χ0v) is 12.3. The summed E-state index contributed by atoms with van der Waals surface area (Å²) in [6.45, 7) is 11.2. The summed E-state index contributed by atoms with van der Waals surface area (Å²) in [4.78, 5) is 2.68. The molecule has 2 aliphatic rings. The predicted molar refractivity (Wildman–Crippen MR) is 75.9 cm³/mol. The SMILES string of the molecule is CC(C)OCCCCN1CC(C2CC2)NCC1C. The highest BCUT2D eigenvalue weighted by molar-refractivity contribution is 4.93. The van der Waals surface area contributed by atoms with E-state index in [4.69, 9.17) is 4.74 Å². The lowest BCUT2D eigenvalue weighted by molar-refractivity contribution is 0.0704. The molecule has 0 spiro atoms. The van der Waals surface area contributed by atoms with Crippen LogP contribution in [-0.2, 0) is 4.74 Å². The number of rotatable bonds is 7. The van der Waals surface area contributed by atoms with Crippen molar-refractivity contribution >= 4 is 0 Å². The molecule has 1 saturated heterocycles. The van der Waals surface area contributed by atoms with Gasteiger partial charge in [-0.2, -0.15) is 0 Å². The van der Waals surface area contributed by atoms with Gasteiger partial charge in [0.05, 0.1) is 6.10 Å². The zero-order chi connectivity index (χ0) is 13.0. The number of hydrogen-bond acceptors (Lipinski definition) is 3. The first-order valence-corrected chi connectivity index (χ1v) is 7.76. The average Bonchev–Trinajstić information content (AvgIpc) is 3.14. The van der Waals surface area contributed by atoms with E-state index in [-0.39, 0.29) is 0 Å². The molecule has 1 aliphatic heterocycles. The third-order valence-corrected chi connectivity index (χ3v) is 4.21. The highest BCUT2D eigenvalue weighted by Crippen LogP contribution is 2.34. The Morgan fingerprint density at radius 2 is 2.06 bits per heavy atom. The molecule has 0 aromatic heterocycles. The van der Waals surface area contributed by atoms with Crippen molar-refractivity contribution in [2.75, 3.05) is 26.2 Å². The molecule has 1 heterocycles. The summed E-state index contributed by atoms with van der Waals surface area (Å²) in [6, 6.07) is 1.47. The summed E-state index contributed by atoms with van der Waals surface area (Å²) in [5.74, 6) is 0.976. The van der Waals surface area contributed by atoms with Crippen molar-refractivity contribution in [1.82, 2.24) is 10.2 Å². The van der Waals surface area contributed by atoms with Crippen molar-refractivity contribution in [1.29, 1.82) is 0 Å². The molecule has 106 valence electrons. The molecule has 2 fully saturated rings. The topological polar surface area (TPSA) is 24.5 Å². The maximum absolute atomic E-state index is 5.60. The summed E-state index contributed by atoms with van der Waals surface area (Å²) < 4.78 is 5.60. The smallest absolute Gasteiger partial charge is 0.0518 e. The van der Waals surface area contributed by atoms with Gasteiger partial charge in [-0.3, -0.25) is 4.90 Å². The first-order valence-electron chi connectivity index (χ1n) is 7.76. The lowest BCUT2D eigenvalue weighted by atomic mass is 10.1. The van der Waals surface area contributed by atoms with Crippen LogP contribution in [-0.4, -0.2) is 49.3 Å². The molecule has 18 heavy (non-hydrogen) atoms. The van der Waals surface area contributed by atoms with Crippen molar-refractivity contribution in [3.63, 3.8) is 0 Å². The lowest BCUT2D eigenvalue weighted by Gasteiger charge is -2.39. The maximum Gasteiger partial charge on any atom is 0.0518 e. The molecule has 0 amide bonds. The van der Waals surface area contributed by atoms with Crippen LogP contribution in [0.3, 0.4) is 0 Å². The minimum atomic E-state index is 0.377. The molecular weight excluding hydrogens is 224 g/mol. The fourth-order valence-corrected chi connectivity index (χ4v) is 2.81. The van der Waals surface area contributed by atoms with E-state index in [0.717, 1.165) is 18.6 Å². The fourth-order valence-electron chi connectivity index (χ4n) is 2.81. The molecule has 0 bridgehead atoms. The van der Waals surface area contributed by atoms with Gasteiger partial charge in [0.15, 0.2) is 0 Å². The van der Waals surface area contributed by atoms with Crippen LogP contribution < -0.4 is 5.32 Å². The number of piperazine rings is 1. The second kappa shape index (κ2) is 6.88. The highest BCUT2D eigenvalue weighted by atomic mass is 16.5. The van der Waals surface area contributed by atoms with Gasteiger partial charge in [0.2, 0.25) is 0 Å². The van der Waals surface area contributed by atoms with Crippen molar-refractivity contribution in [3.8, 4) is 0 Å². The highest BCUT2D eigenvalue weighted by Gasteiger charge is 2.35. The normalized spacial score (nSPS) is 30.0. The summed E-state index contributed by atoms with van der Waals surface area (Å²) in [7, 11) is 0. The zero-order valence-electron chi connectivity index (χ0n) is 12.3. The van der Waals surface area contributed by atoms with Crippen LogP contribution in [0.25, 0.3) is 0 Å². The third-order valence-electron chi connectivity index (χ3n) is 4.21. The van der Waals surface area contributed by atoms with Gasteiger partial charge in [-0.05, 0) is 58.9 Å². The van der Waals surface area contributed by atoms with Gasteiger partial charge < -0.3 is 10.1 Å². The van der Waals surface area contributed by atoms with E-state index in [9.17, 15) is 0 Å². The summed E-state index contributed by atoms with van der Waals surface area (Å²) in [5.41, 5.74) is 0. The van der Waals surface area contributed by atoms with E-state index in [0.29, 0.717) is 12.1 Å². The summed E-state index contributed by atoms with van der Waals surface area (Å²) >= 11 is 0. The number of nitrogens with one attached hydrogen (secondary N) is 1. The molecule has 3 heteroatoms. The van der Waals surface area contributed by atoms with Crippen LogP contribution in [0.2, 0.25) is 0 Å². The summed E-state index contributed by atoms with van der Waals surface area (Å²) in [5, 5.41) is 3.71. The molecule has 2 atom stereocenters. The van der Waals surface area contributed by atoms with Crippen LogP contribution in [0.1, 0.15) is 46.5 Å². The second-order valence-electron chi connectivity index (χ2n) is 6.32. The fraction of sp³-hybridized carbons (Fsp3) is 1.00. The molecule has 1 aliphatic carbocycles. The predicted octanol–water partition coefficient (Wildman–Crippen LogP) is 2.26. The lowest BCUT2D eigenvalue weighted by Crippen LogP contribution is -2.56. The molecule has 1 N–H and O–H groups in total. The third kappa shape index (κ3) is 4.52. The van der Waals surface area contributed by atoms with Gasteiger partial charge in [-0.1, -0.05) is 0 Å². The molecule has 1 saturated carbocycles. The molecular formula is C15H30N2O. The van der Waals surface area contributed by atoms with Gasteiger partial charge >= 0.3 is 0 Å². The minimum Gasteiger partial charge on any atom is -0.379 e. The van der Waals surface area contributed by atoms with E-state index in [2.05, 4.69) is 31.0 Å². The van der Waals surface area contributed by atoms with Gasteiger partial charge in [-0.25, -0.2) is 0 Å². The van der Waals surface area contributed by atoms with E-state index in [1.165, 1.54) is 45.3 Å². The molecule has 2 unspecified atom stereocenters. The summed E-state index contributed by atoms with van der Waals surface area (Å²) in [6.07, 6.45) is 5.74. The molecule has 2 rings (SSSR count). The molecule has 0 radical (unpaired) electrons. The Balaban J connectivity index is 1.60. The van der Waals surface area contributed by atoms with Crippen molar-refractivity contribution in [2.24, 2.45) is 5.92 Å². The van der Waals surface area contributed by atoms with Gasteiger partial charge in [0.25, 0.3) is 0 Å². The number of ether oxygens (including phenoxy) is 1. The molecule has 0 aromatic rings. The van der Waals surface area contributed by atoms with E-state index >= 15 is 0 Å². The first-order chi connectivity index (χ1) is 8.66. The Morgan fingerprint density at radius 3 is 2.72 bits per heavy atom. The van der Waals surface area contributed by atoms with Crippen LogP contribution in [0.5, 0.6) is 0 Å². The number of nitrogens with zero attached hydrogens (tertiary/aromatic N) is 1. The van der Waals surface area contributed by atoms with Gasteiger partial charge in [0.1, 0.15) is 0 Å². The van der Waals surface area contributed by atoms with E-state index in [1.54, 1.807) is 0 Å². The Kier molecular flexibility index (Phi) is 5.46. The average molecular weight is 254 g/mol. The minimum absolute atomic E-state index is 0.377. The molecule has 3 nitrogen and oxygen atoms in total. The van der Waals surface area contributed by atoms with E-state index in [1.807, 2.05) is 0 Å². The van der Waals surface area contributed by atoms with Crippen molar-refractivity contribution < 1.29 is 4.74 Å². The van der Waals surface area contributed by atoms with Crippen molar-refractivity contribution in [3.05, 3.63) is 0 Å². The number of hydrogen-bond donors (Lipinski definition) is 1. The quantitative estimate of drug-likeness (QED) is 0.705. The van der Waals surface area contributed by atoms with E-state index < -0.39 is 0 Å². The van der Waals surface area contributed by atoms with Crippen LogP contribution in [0.15, 0.2) is 0 Å². The first kappa shape index (κ1) is 14.3. The number of unbranched alkanes of at least 4 members (excludes halogenated alkanes) is 1. The Bertz CT molecular complexity index is 241. The van der Waals surface area contributed by atoms with Crippen LogP contribution >= 0.6 is 0 Å².